The van der Waals surface area contributed by atoms with E-state index < -0.39 is 16.3 Å². The van der Waals surface area contributed by atoms with E-state index in [0.29, 0.717) is 5.69 Å². The summed E-state index contributed by atoms with van der Waals surface area (Å²) in [4.78, 5) is 15.6. The summed E-state index contributed by atoms with van der Waals surface area (Å²) in [7, 11) is 0. The van der Waals surface area contributed by atoms with Crippen molar-refractivity contribution in [2.24, 2.45) is 5.92 Å². The van der Waals surface area contributed by atoms with Gasteiger partial charge < -0.3 is 14.5 Å². The van der Waals surface area contributed by atoms with Crippen molar-refractivity contribution in [3.05, 3.63) is 17.0 Å². The lowest BCUT2D eigenvalue weighted by molar-refractivity contribution is -0.152. The molecule has 0 amide bonds. The molecule has 1 aromatic heterocycles. The van der Waals surface area contributed by atoms with Crippen molar-refractivity contribution in [2.75, 3.05) is 0 Å². The first kappa shape index (κ1) is 18.3. The second-order valence-corrected chi connectivity index (χ2v) is 10.5. The Morgan fingerprint density at radius 1 is 1.35 bits per heavy atom. The van der Waals surface area contributed by atoms with Crippen LogP contribution >= 0.6 is 24.0 Å². The Morgan fingerprint density at radius 2 is 2.00 bits per heavy atom. The largest absolute Gasteiger partial charge is 0.479 e. The molecule has 1 N–H and O–H groups in total. The highest BCUT2D eigenvalue weighted by atomic mass is 32.2. The molecule has 1 aromatic rings. The topological polar surface area (TPSA) is 66.6 Å². The fourth-order valence-electron chi connectivity index (χ4n) is 5.16. The van der Waals surface area contributed by atoms with E-state index in [0.717, 1.165) is 42.0 Å². The minimum absolute atomic E-state index is 0.0992. The Hall–Kier alpha value is -1.08. The first-order chi connectivity index (χ1) is 12.2. The summed E-state index contributed by atoms with van der Waals surface area (Å²) in [6.07, 6.45) is 5.62. The molecule has 2 aliphatic heterocycles. The highest BCUT2D eigenvalue weighted by Crippen LogP contribution is 2.64. The third-order valence-corrected chi connectivity index (χ3v) is 8.81. The van der Waals surface area contributed by atoms with Gasteiger partial charge in [-0.2, -0.15) is 0 Å². The Bertz CT molecular complexity index is 769. The van der Waals surface area contributed by atoms with E-state index in [2.05, 4.69) is 12.1 Å². The number of hydrogen-bond donors (Lipinski definition) is 1. The van der Waals surface area contributed by atoms with Gasteiger partial charge in [-0.1, -0.05) is 43.6 Å². The zero-order valence-electron chi connectivity index (χ0n) is 15.7. The summed E-state index contributed by atoms with van der Waals surface area (Å²) in [5.74, 6) is 0.397. The van der Waals surface area contributed by atoms with Crippen LogP contribution in [0.3, 0.4) is 0 Å². The third kappa shape index (κ3) is 2.13. The number of aromatic nitrogens is 1. The molecule has 1 aliphatic carbocycles. The number of thiocarbonyl (C=S) groups is 1. The van der Waals surface area contributed by atoms with Crippen LogP contribution in [-0.4, -0.2) is 36.2 Å². The maximum absolute atomic E-state index is 12.9. The molecule has 2 saturated heterocycles. The van der Waals surface area contributed by atoms with Gasteiger partial charge in [0.2, 0.25) is 0 Å². The number of aryl methyl sites for hydroxylation is 1. The van der Waals surface area contributed by atoms with Gasteiger partial charge in [0.15, 0.2) is 5.54 Å². The van der Waals surface area contributed by atoms with Crippen LogP contribution in [0, 0.1) is 12.8 Å². The van der Waals surface area contributed by atoms with Gasteiger partial charge in [0.1, 0.15) is 5.76 Å². The van der Waals surface area contributed by atoms with Gasteiger partial charge in [-0.3, -0.25) is 0 Å². The molecule has 3 fully saturated rings. The molecule has 0 aromatic carbocycles. The van der Waals surface area contributed by atoms with Gasteiger partial charge >= 0.3 is 5.97 Å². The van der Waals surface area contributed by atoms with Crippen molar-refractivity contribution in [3.8, 4) is 0 Å². The van der Waals surface area contributed by atoms with Crippen LogP contribution in [0.25, 0.3) is 0 Å². The van der Waals surface area contributed by atoms with Crippen molar-refractivity contribution in [3.63, 3.8) is 0 Å². The molecule has 142 valence electrons. The molecule has 3 atom stereocenters. The number of thioether (sulfide) groups is 1. The third-order valence-electron chi connectivity index (χ3n) is 6.49. The van der Waals surface area contributed by atoms with Gasteiger partial charge in [0.25, 0.3) is 0 Å². The number of carboxylic acid groups (broad SMARTS) is 1. The number of rotatable bonds is 3. The van der Waals surface area contributed by atoms with Gasteiger partial charge in [-0.15, -0.1) is 11.8 Å². The lowest BCUT2D eigenvalue weighted by atomic mass is 9.71. The summed E-state index contributed by atoms with van der Waals surface area (Å²) in [6, 6.07) is 0. The summed E-state index contributed by atoms with van der Waals surface area (Å²) in [5.41, 5.74) is 0.221. The Labute approximate surface area is 163 Å². The molecule has 0 bridgehead atoms. The van der Waals surface area contributed by atoms with Crippen LogP contribution in [0.5, 0.6) is 0 Å². The first-order valence-corrected chi connectivity index (χ1v) is 10.7. The summed E-state index contributed by atoms with van der Waals surface area (Å²) >= 11 is 7.35. The first-order valence-electron chi connectivity index (χ1n) is 9.44. The molecule has 0 radical (unpaired) electrons. The number of carbonyl (C=O) groups is 1. The summed E-state index contributed by atoms with van der Waals surface area (Å²) in [5, 5.41) is 14.9. The van der Waals surface area contributed by atoms with Crippen molar-refractivity contribution < 1.29 is 14.4 Å². The maximum Gasteiger partial charge on any atom is 0.336 e. The molecule has 26 heavy (non-hydrogen) atoms. The zero-order chi connectivity index (χ0) is 18.9. The SMILES string of the molecule is Cc1noc(C2CCCCC2)c1[C@@]1(C(=O)O)N2C(=S)[C@@H](C)[C@H]2SC1(C)C. The number of nitrogens with zero attached hydrogens (tertiary/aromatic N) is 2. The van der Waals surface area contributed by atoms with E-state index >= 15 is 0 Å². The molecular weight excluding hydrogens is 368 g/mol. The van der Waals surface area contributed by atoms with E-state index in [9.17, 15) is 9.90 Å². The Morgan fingerprint density at radius 3 is 2.62 bits per heavy atom. The van der Waals surface area contributed by atoms with Crippen LogP contribution in [0.4, 0.5) is 0 Å². The fraction of sp³-hybridized carbons (Fsp3) is 0.737. The summed E-state index contributed by atoms with van der Waals surface area (Å²) < 4.78 is 5.25. The number of hydrogen-bond acceptors (Lipinski definition) is 5. The normalized spacial score (nSPS) is 33.8. The monoisotopic (exact) mass is 394 g/mol. The fourth-order valence-corrected chi connectivity index (χ4v) is 7.46. The van der Waals surface area contributed by atoms with E-state index in [1.165, 1.54) is 6.42 Å². The van der Waals surface area contributed by atoms with Crippen molar-refractivity contribution in [1.29, 1.82) is 0 Å². The molecule has 5 nitrogen and oxygen atoms in total. The van der Waals surface area contributed by atoms with Crippen LogP contribution in [0.1, 0.15) is 75.8 Å². The van der Waals surface area contributed by atoms with Crippen molar-refractivity contribution in [1.82, 2.24) is 10.1 Å². The minimum atomic E-state index is -1.22. The predicted octanol–water partition coefficient (Wildman–Crippen LogP) is 4.44. The van der Waals surface area contributed by atoms with E-state index in [1.54, 1.807) is 11.8 Å². The van der Waals surface area contributed by atoms with E-state index in [4.69, 9.17) is 16.7 Å². The summed E-state index contributed by atoms with van der Waals surface area (Å²) in [6.45, 7) is 8.01. The minimum Gasteiger partial charge on any atom is -0.479 e. The quantitative estimate of drug-likeness (QED) is 0.760. The number of carboxylic acids is 1. The lowest BCUT2D eigenvalue weighted by Crippen LogP contribution is -2.67. The lowest BCUT2D eigenvalue weighted by Gasteiger charge is -2.51. The molecule has 0 unspecified atom stereocenters. The van der Waals surface area contributed by atoms with E-state index in [1.807, 2.05) is 25.7 Å². The zero-order valence-corrected chi connectivity index (χ0v) is 17.4. The molecule has 0 spiro atoms. The van der Waals surface area contributed by atoms with Gasteiger partial charge in [-0.05, 0) is 33.6 Å². The predicted molar refractivity (Wildman–Crippen MR) is 105 cm³/mol. The highest BCUT2D eigenvalue weighted by Gasteiger charge is 2.72. The van der Waals surface area contributed by atoms with Crippen LogP contribution < -0.4 is 0 Å². The Kier molecular flexibility index (Phi) is 4.19. The smallest absolute Gasteiger partial charge is 0.336 e. The molecule has 3 heterocycles. The average Bonchev–Trinajstić information content (AvgIpc) is 3.09. The molecular formula is C19H26N2O3S2. The van der Waals surface area contributed by atoms with Gasteiger partial charge in [0, 0.05) is 11.8 Å². The molecule has 7 heteroatoms. The average molecular weight is 395 g/mol. The van der Waals surface area contributed by atoms with Gasteiger partial charge in [-0.25, -0.2) is 4.79 Å². The number of aliphatic carboxylic acids is 1. The van der Waals surface area contributed by atoms with Crippen molar-refractivity contribution in [2.45, 2.75) is 81.4 Å². The second kappa shape index (κ2) is 5.96. The maximum atomic E-state index is 12.9. The van der Waals surface area contributed by atoms with Crippen molar-refractivity contribution >= 4 is 34.9 Å². The van der Waals surface area contributed by atoms with Gasteiger partial charge in [0.05, 0.1) is 26.4 Å². The Balaban J connectivity index is 1.92. The molecule has 3 aliphatic rings. The second-order valence-electron chi connectivity index (χ2n) is 8.37. The van der Waals surface area contributed by atoms with Crippen LogP contribution in [-0.2, 0) is 10.3 Å². The van der Waals surface area contributed by atoms with E-state index in [-0.39, 0.29) is 17.2 Å². The molecule has 4 rings (SSSR count). The standard InChI is InChI=1S/C19H26N2O3S2/c1-10-15(25)21-16(10)26-18(3,4)19(21,17(22)23)13-11(2)20-24-14(13)12-8-6-5-7-9-12/h10,12,16H,5-9H2,1-4H3,(H,22,23)/t10-,16-,19+/m1/s1. The molecule has 1 saturated carbocycles. The van der Waals surface area contributed by atoms with Crippen LogP contribution in [0.15, 0.2) is 4.52 Å². The van der Waals surface area contributed by atoms with Crippen LogP contribution in [0.2, 0.25) is 0 Å². The number of fused-ring (bicyclic) bond motifs is 1. The highest BCUT2D eigenvalue weighted by molar-refractivity contribution is 8.01.